The van der Waals surface area contributed by atoms with Crippen molar-refractivity contribution in [2.75, 3.05) is 0 Å². The number of fused-ring (bicyclic) bond motifs is 3. The predicted octanol–water partition coefficient (Wildman–Crippen LogP) is 2.79. The highest BCUT2D eigenvalue weighted by molar-refractivity contribution is 6.29. The Labute approximate surface area is 177 Å². The van der Waals surface area contributed by atoms with Gasteiger partial charge in [0.1, 0.15) is 21.7 Å². The van der Waals surface area contributed by atoms with Crippen LogP contribution in [-0.2, 0) is 13.5 Å². The minimum atomic E-state index is -0.530. The molecule has 3 heterocycles. The van der Waals surface area contributed by atoms with Gasteiger partial charge in [0, 0.05) is 19.7 Å². The molecule has 9 heteroatoms. The van der Waals surface area contributed by atoms with Crippen LogP contribution in [0.25, 0.3) is 21.9 Å². The molecule has 3 aromatic heterocycles. The molecule has 1 aromatic carbocycles. The van der Waals surface area contributed by atoms with Gasteiger partial charge in [0.15, 0.2) is 0 Å². The van der Waals surface area contributed by atoms with Gasteiger partial charge in [-0.2, -0.15) is 0 Å². The van der Waals surface area contributed by atoms with Crippen molar-refractivity contribution in [3.05, 3.63) is 57.4 Å². The third-order valence-corrected chi connectivity index (χ3v) is 6.16. The molecule has 2 unspecified atom stereocenters. The van der Waals surface area contributed by atoms with Crippen LogP contribution in [0.3, 0.4) is 0 Å². The molecule has 0 saturated heterocycles. The van der Waals surface area contributed by atoms with Gasteiger partial charge in [0.25, 0.3) is 5.56 Å². The lowest BCUT2D eigenvalue weighted by molar-refractivity contribution is 0.0735. The fourth-order valence-electron chi connectivity index (χ4n) is 4.40. The number of rotatable bonds is 3. The van der Waals surface area contributed by atoms with Crippen molar-refractivity contribution in [3.8, 4) is 0 Å². The average Bonchev–Trinajstić information content (AvgIpc) is 3.13. The van der Waals surface area contributed by atoms with Crippen LogP contribution < -0.4 is 5.56 Å². The van der Waals surface area contributed by atoms with Crippen molar-refractivity contribution in [2.45, 2.75) is 44.2 Å². The predicted molar refractivity (Wildman–Crippen MR) is 114 cm³/mol. The van der Waals surface area contributed by atoms with E-state index in [2.05, 4.69) is 20.3 Å². The Bertz CT molecular complexity index is 1300. The van der Waals surface area contributed by atoms with Crippen LogP contribution in [0.1, 0.15) is 42.9 Å². The molecule has 1 aliphatic carbocycles. The van der Waals surface area contributed by atoms with E-state index in [1.807, 2.05) is 12.1 Å². The molecule has 4 aromatic rings. The standard InChI is InChI=1S/C21H21ClN6O2/c1-27-20-18(25-26-27)13(8-12-6-7-17(22)23-10-12)9-14-19(20)24-11-28(21(14)30)15-4-2-3-5-16(15)29/h6-7,9-11,15-16,29H,2-5,8H2,1H3. The van der Waals surface area contributed by atoms with E-state index >= 15 is 0 Å². The van der Waals surface area contributed by atoms with E-state index in [4.69, 9.17) is 11.6 Å². The SMILES string of the molecule is Cn1nnc2c(Cc3ccc(Cl)nc3)cc3c(=O)n(C4CCCCC4O)cnc3c21. The maximum absolute atomic E-state index is 13.4. The van der Waals surface area contributed by atoms with Crippen LogP contribution in [0.4, 0.5) is 0 Å². The summed E-state index contributed by atoms with van der Waals surface area (Å²) >= 11 is 5.91. The molecule has 1 aliphatic rings. The maximum atomic E-state index is 13.4. The van der Waals surface area contributed by atoms with Gasteiger partial charge in [-0.3, -0.25) is 9.36 Å². The van der Waals surface area contributed by atoms with Crippen molar-refractivity contribution in [2.24, 2.45) is 7.05 Å². The molecular weight excluding hydrogens is 404 g/mol. The highest BCUT2D eigenvalue weighted by atomic mass is 35.5. The number of aliphatic hydroxyl groups is 1. The highest BCUT2D eigenvalue weighted by Crippen LogP contribution is 2.29. The normalized spacial score (nSPS) is 19.6. The molecule has 0 radical (unpaired) electrons. The fourth-order valence-corrected chi connectivity index (χ4v) is 4.51. The summed E-state index contributed by atoms with van der Waals surface area (Å²) in [5, 5.41) is 19.9. The molecule has 154 valence electrons. The van der Waals surface area contributed by atoms with E-state index in [-0.39, 0.29) is 11.6 Å². The largest absolute Gasteiger partial charge is 0.391 e. The molecule has 2 atom stereocenters. The highest BCUT2D eigenvalue weighted by Gasteiger charge is 2.27. The van der Waals surface area contributed by atoms with Gasteiger partial charge in [-0.1, -0.05) is 35.7 Å². The summed E-state index contributed by atoms with van der Waals surface area (Å²) in [6.45, 7) is 0. The lowest BCUT2D eigenvalue weighted by Gasteiger charge is -2.29. The first-order chi connectivity index (χ1) is 14.5. The molecule has 0 aliphatic heterocycles. The zero-order valence-corrected chi connectivity index (χ0v) is 17.2. The minimum absolute atomic E-state index is 0.149. The van der Waals surface area contributed by atoms with Crippen molar-refractivity contribution in [3.63, 3.8) is 0 Å². The third-order valence-electron chi connectivity index (χ3n) is 5.94. The monoisotopic (exact) mass is 424 g/mol. The Kier molecular flexibility index (Phi) is 4.75. The Hall–Kier alpha value is -2.84. The van der Waals surface area contributed by atoms with E-state index in [0.717, 1.165) is 35.9 Å². The molecule has 1 N–H and O–H groups in total. The van der Waals surface area contributed by atoms with E-state index in [1.54, 1.807) is 34.9 Å². The molecule has 1 saturated carbocycles. The van der Waals surface area contributed by atoms with Crippen molar-refractivity contribution in [1.82, 2.24) is 29.5 Å². The van der Waals surface area contributed by atoms with Gasteiger partial charge in [-0.25, -0.2) is 14.6 Å². The Balaban J connectivity index is 1.70. The number of aromatic nitrogens is 6. The van der Waals surface area contributed by atoms with Crippen LogP contribution in [0.5, 0.6) is 0 Å². The number of benzene rings is 1. The summed E-state index contributed by atoms with van der Waals surface area (Å²) in [7, 11) is 1.79. The number of aliphatic hydroxyl groups excluding tert-OH is 1. The Morgan fingerprint density at radius 2 is 2.03 bits per heavy atom. The molecule has 0 spiro atoms. The zero-order chi connectivity index (χ0) is 20.8. The second-order valence-corrected chi connectivity index (χ2v) is 8.27. The van der Waals surface area contributed by atoms with Gasteiger partial charge < -0.3 is 5.11 Å². The first-order valence-electron chi connectivity index (χ1n) is 10.0. The third kappa shape index (κ3) is 3.16. The van der Waals surface area contributed by atoms with Crippen LogP contribution in [0.2, 0.25) is 5.15 Å². The molecule has 8 nitrogen and oxygen atoms in total. The smallest absolute Gasteiger partial charge is 0.261 e. The Morgan fingerprint density at radius 3 is 2.80 bits per heavy atom. The molecule has 0 amide bonds. The molecule has 1 fully saturated rings. The number of aryl methyl sites for hydroxylation is 1. The van der Waals surface area contributed by atoms with Crippen molar-refractivity contribution in [1.29, 1.82) is 0 Å². The van der Waals surface area contributed by atoms with Crippen molar-refractivity contribution >= 4 is 33.5 Å². The topological polar surface area (TPSA) is 98.7 Å². The molecule has 5 rings (SSSR count). The second-order valence-electron chi connectivity index (χ2n) is 7.88. The summed E-state index contributed by atoms with van der Waals surface area (Å²) < 4.78 is 3.24. The fraction of sp³-hybridized carbons (Fsp3) is 0.381. The van der Waals surface area contributed by atoms with E-state index in [9.17, 15) is 9.90 Å². The van der Waals surface area contributed by atoms with Crippen LogP contribution in [-0.4, -0.2) is 40.7 Å². The summed E-state index contributed by atoms with van der Waals surface area (Å²) in [6.07, 6.45) is 6.72. The minimum Gasteiger partial charge on any atom is -0.391 e. The quantitative estimate of drug-likeness (QED) is 0.508. The summed E-state index contributed by atoms with van der Waals surface area (Å²) in [4.78, 5) is 22.2. The van der Waals surface area contributed by atoms with E-state index in [0.29, 0.717) is 34.4 Å². The molecule has 0 bridgehead atoms. The number of hydrogen-bond acceptors (Lipinski definition) is 6. The van der Waals surface area contributed by atoms with Gasteiger partial charge in [0.2, 0.25) is 0 Å². The van der Waals surface area contributed by atoms with Crippen LogP contribution in [0, 0.1) is 0 Å². The van der Waals surface area contributed by atoms with E-state index < -0.39 is 6.10 Å². The van der Waals surface area contributed by atoms with Gasteiger partial charge >= 0.3 is 0 Å². The molecule has 30 heavy (non-hydrogen) atoms. The number of pyridine rings is 1. The molecular formula is C21H21ClN6O2. The van der Waals surface area contributed by atoms with Crippen LogP contribution >= 0.6 is 11.6 Å². The van der Waals surface area contributed by atoms with Gasteiger partial charge in [0.05, 0.1) is 23.9 Å². The van der Waals surface area contributed by atoms with Crippen molar-refractivity contribution < 1.29 is 5.11 Å². The second kappa shape index (κ2) is 7.45. The number of hydrogen-bond donors (Lipinski definition) is 1. The first kappa shape index (κ1) is 19.1. The van der Waals surface area contributed by atoms with Crippen LogP contribution in [0.15, 0.2) is 35.5 Å². The summed E-state index contributed by atoms with van der Waals surface area (Å²) in [5.41, 5.74) is 3.68. The summed E-state index contributed by atoms with van der Waals surface area (Å²) in [6, 6.07) is 5.25. The van der Waals surface area contributed by atoms with Gasteiger partial charge in [-0.15, -0.1) is 5.10 Å². The number of halogens is 1. The average molecular weight is 425 g/mol. The number of nitrogens with zero attached hydrogens (tertiary/aromatic N) is 6. The lowest BCUT2D eigenvalue weighted by Crippen LogP contribution is -2.34. The summed E-state index contributed by atoms with van der Waals surface area (Å²) in [5.74, 6) is 0. The Morgan fingerprint density at radius 1 is 1.20 bits per heavy atom. The maximum Gasteiger partial charge on any atom is 0.261 e. The first-order valence-corrected chi connectivity index (χ1v) is 10.4. The van der Waals surface area contributed by atoms with Gasteiger partial charge in [-0.05, 0) is 36.1 Å². The zero-order valence-electron chi connectivity index (χ0n) is 16.5. The van der Waals surface area contributed by atoms with E-state index in [1.165, 1.54) is 0 Å². The lowest BCUT2D eigenvalue weighted by atomic mass is 9.92.